The molecule has 2 aromatic heterocycles. The number of rotatable bonds is 4. The Hall–Kier alpha value is -4.00. The number of fused-ring (bicyclic) bond motifs is 4. The summed E-state index contributed by atoms with van der Waals surface area (Å²) in [6.07, 6.45) is 0. The lowest BCUT2D eigenvalue weighted by Crippen LogP contribution is -2.44. The maximum absolute atomic E-state index is 14.0. The quantitative estimate of drug-likeness (QED) is 0.325. The molecule has 0 radical (unpaired) electrons. The van der Waals surface area contributed by atoms with Crippen LogP contribution in [0.25, 0.3) is 44.0 Å². The van der Waals surface area contributed by atoms with Gasteiger partial charge in [-0.2, -0.15) is 13.7 Å². The summed E-state index contributed by atoms with van der Waals surface area (Å²) in [7, 11) is -4.87. The molecule has 0 spiro atoms. The van der Waals surface area contributed by atoms with Crippen molar-refractivity contribution in [3.8, 4) is 17.2 Å². The Morgan fingerprint density at radius 3 is 2.51 bits per heavy atom. The largest absolute Gasteiger partial charge is 0.340 e. The first kappa shape index (κ1) is 23.4. The third-order valence-electron chi connectivity index (χ3n) is 7.22. The maximum Gasteiger partial charge on any atom is 0.332 e. The molecule has 0 saturated carbocycles. The number of hydrogen-bond donors (Lipinski definition) is 2. The third kappa shape index (κ3) is 3.64. The van der Waals surface area contributed by atoms with Gasteiger partial charge in [0.1, 0.15) is 5.65 Å². The van der Waals surface area contributed by atoms with Crippen LogP contribution in [0, 0.1) is 11.3 Å². The van der Waals surface area contributed by atoms with E-state index in [4.69, 9.17) is 0 Å². The molecule has 6 rings (SSSR count). The third-order valence-corrected chi connectivity index (χ3v) is 8.04. The van der Waals surface area contributed by atoms with E-state index in [1.807, 2.05) is 32.0 Å². The molecule has 0 amide bonds. The van der Waals surface area contributed by atoms with Crippen LogP contribution in [0.5, 0.6) is 0 Å². The van der Waals surface area contributed by atoms with Crippen molar-refractivity contribution in [3.63, 3.8) is 0 Å². The van der Waals surface area contributed by atoms with Crippen molar-refractivity contribution >= 4 is 43.1 Å². The Kier molecular flexibility index (Phi) is 5.23. The van der Waals surface area contributed by atoms with Gasteiger partial charge in [0.25, 0.3) is 0 Å². The highest BCUT2D eigenvalue weighted by atomic mass is 32.3. The van der Waals surface area contributed by atoms with E-state index in [-0.39, 0.29) is 17.4 Å². The Morgan fingerprint density at radius 1 is 1.08 bits per heavy atom. The fourth-order valence-electron chi connectivity index (χ4n) is 5.28. The van der Waals surface area contributed by atoms with Crippen LogP contribution in [0.1, 0.15) is 36.9 Å². The molecular weight excluding hydrogens is 491 g/mol. The summed E-state index contributed by atoms with van der Waals surface area (Å²) in [4.78, 5) is 16.9. The number of aromatic amines is 1. The van der Waals surface area contributed by atoms with Gasteiger partial charge in [-0.1, -0.05) is 32.0 Å². The van der Waals surface area contributed by atoms with Gasteiger partial charge in [-0.25, -0.2) is 0 Å². The van der Waals surface area contributed by atoms with Crippen LogP contribution >= 0.6 is 0 Å². The summed E-state index contributed by atoms with van der Waals surface area (Å²) in [5, 5.41) is 14.6. The minimum atomic E-state index is -4.87. The number of nitrogens with one attached hydrogen (secondary N) is 2. The van der Waals surface area contributed by atoms with Gasteiger partial charge in [-0.05, 0) is 59.0 Å². The van der Waals surface area contributed by atoms with Gasteiger partial charge in [-0.3, -0.25) is 4.79 Å². The van der Waals surface area contributed by atoms with E-state index in [0.29, 0.717) is 38.6 Å². The molecule has 9 heteroatoms. The first-order valence-corrected chi connectivity index (χ1v) is 13.4. The summed E-state index contributed by atoms with van der Waals surface area (Å²) in [6, 6.07) is 17.1. The number of aromatic nitrogens is 2. The van der Waals surface area contributed by atoms with E-state index in [0.717, 1.165) is 29.6 Å². The van der Waals surface area contributed by atoms with Crippen LogP contribution in [0.2, 0.25) is 0 Å². The van der Waals surface area contributed by atoms with Gasteiger partial charge >= 0.3 is 10.2 Å². The molecule has 3 aromatic carbocycles. The van der Waals surface area contributed by atoms with Crippen molar-refractivity contribution in [1.82, 2.24) is 14.9 Å². The predicted molar refractivity (Wildman–Crippen MR) is 142 cm³/mol. The van der Waals surface area contributed by atoms with Crippen molar-refractivity contribution in [1.29, 1.82) is 5.26 Å². The molecular formula is C28H23FN4O3S. The molecule has 1 saturated heterocycles. The van der Waals surface area contributed by atoms with E-state index in [1.165, 1.54) is 18.2 Å². The molecule has 0 aliphatic carbocycles. The Labute approximate surface area is 212 Å². The molecule has 0 bridgehead atoms. The molecule has 1 fully saturated rings. The van der Waals surface area contributed by atoms with Gasteiger partial charge in [0.2, 0.25) is 0 Å². The van der Waals surface area contributed by atoms with Crippen LogP contribution < -0.4 is 10.7 Å². The number of nitrogens with zero attached hydrogens (tertiary/aromatic N) is 2. The molecule has 1 aliphatic rings. The molecule has 1 aliphatic heterocycles. The van der Waals surface area contributed by atoms with Gasteiger partial charge in [-0.15, -0.1) is 3.89 Å². The highest BCUT2D eigenvalue weighted by molar-refractivity contribution is 7.86. The van der Waals surface area contributed by atoms with Crippen molar-refractivity contribution in [2.45, 2.75) is 30.7 Å². The average Bonchev–Trinajstić information content (AvgIpc) is 3.22. The van der Waals surface area contributed by atoms with E-state index in [2.05, 4.69) is 20.9 Å². The van der Waals surface area contributed by atoms with Gasteiger partial charge in [0.05, 0.1) is 33.5 Å². The highest BCUT2D eigenvalue weighted by Crippen LogP contribution is 2.37. The lowest BCUT2D eigenvalue weighted by Gasteiger charge is -2.32. The molecule has 37 heavy (non-hydrogen) atoms. The Balaban J connectivity index is 1.76. The number of nitriles is 1. The lowest BCUT2D eigenvalue weighted by atomic mass is 9.90. The fraction of sp³-hybridized carbons (Fsp3) is 0.214. The number of halogens is 1. The summed E-state index contributed by atoms with van der Waals surface area (Å²) in [5.74, 6) is 0.0140. The van der Waals surface area contributed by atoms with Crippen molar-refractivity contribution in [3.05, 3.63) is 75.9 Å². The Morgan fingerprint density at radius 2 is 1.86 bits per heavy atom. The summed E-state index contributed by atoms with van der Waals surface area (Å²) >= 11 is 0. The summed E-state index contributed by atoms with van der Waals surface area (Å²) in [6.45, 7) is 5.45. The van der Waals surface area contributed by atoms with Crippen LogP contribution in [0.4, 0.5) is 3.89 Å². The van der Waals surface area contributed by atoms with E-state index in [1.54, 1.807) is 18.2 Å². The van der Waals surface area contributed by atoms with E-state index >= 15 is 0 Å². The highest BCUT2D eigenvalue weighted by Gasteiger charge is 2.26. The molecule has 0 atom stereocenters. The normalized spacial score (nSPS) is 14.5. The number of pyridine rings is 1. The average molecular weight is 515 g/mol. The van der Waals surface area contributed by atoms with Crippen LogP contribution in [0.3, 0.4) is 0 Å². The zero-order valence-corrected chi connectivity index (χ0v) is 21.0. The predicted octanol–water partition coefficient (Wildman–Crippen LogP) is 5.10. The first-order valence-electron chi connectivity index (χ1n) is 12.0. The molecule has 5 aromatic rings. The lowest BCUT2D eigenvalue weighted by molar-refractivity contribution is 0.357. The second kappa shape index (κ2) is 8.26. The Bertz CT molecular complexity index is 1960. The zero-order valence-electron chi connectivity index (χ0n) is 20.2. The van der Waals surface area contributed by atoms with Crippen LogP contribution in [-0.2, 0) is 10.2 Å². The van der Waals surface area contributed by atoms with E-state index in [9.17, 15) is 22.4 Å². The zero-order chi connectivity index (χ0) is 26.1. The van der Waals surface area contributed by atoms with Crippen molar-refractivity contribution in [2.24, 2.45) is 0 Å². The standard InChI is InChI=1S/C28H23FN4O3S/c1-15(2)21-10-23-25(11-22(21)17-4-3-5-19(9-17)37(29,35)36)33(18-13-31-14-18)28-26(27(23)34)20-7-6-16(12-30)8-24(20)32-28/h3-11,15,18,31-32H,13-14H2,1-2H3. The molecule has 3 heterocycles. The molecule has 7 nitrogen and oxygen atoms in total. The van der Waals surface area contributed by atoms with E-state index < -0.39 is 15.1 Å². The first-order chi connectivity index (χ1) is 17.7. The van der Waals surface area contributed by atoms with Crippen LogP contribution in [0.15, 0.2) is 64.3 Å². The number of H-pyrrole nitrogens is 1. The monoisotopic (exact) mass is 514 g/mol. The fourth-order valence-corrected chi connectivity index (χ4v) is 5.79. The van der Waals surface area contributed by atoms with Gasteiger partial charge < -0.3 is 14.9 Å². The van der Waals surface area contributed by atoms with Crippen molar-refractivity contribution in [2.75, 3.05) is 13.1 Å². The van der Waals surface area contributed by atoms with Crippen LogP contribution in [-0.4, -0.2) is 31.1 Å². The van der Waals surface area contributed by atoms with Gasteiger partial charge in [0, 0.05) is 29.4 Å². The topological polar surface area (TPSA) is 108 Å². The number of hydrogen-bond acceptors (Lipinski definition) is 5. The second-order valence-corrected chi connectivity index (χ2v) is 11.2. The molecule has 186 valence electrons. The minimum Gasteiger partial charge on any atom is -0.340 e. The maximum atomic E-state index is 14.0. The molecule has 0 unspecified atom stereocenters. The van der Waals surface area contributed by atoms with Crippen molar-refractivity contribution < 1.29 is 12.3 Å². The second-order valence-electron chi connectivity index (χ2n) is 9.81. The number of benzene rings is 3. The summed E-state index contributed by atoms with van der Waals surface area (Å²) in [5.41, 5.74) is 4.66. The molecule has 2 N–H and O–H groups in total. The van der Waals surface area contributed by atoms with Gasteiger partial charge in [0.15, 0.2) is 5.43 Å². The minimum absolute atomic E-state index is 0.0140. The summed E-state index contributed by atoms with van der Waals surface area (Å²) < 4.78 is 39.2. The SMILES string of the molecule is CC(C)c1cc2c(=O)c3c4ccc(C#N)cc4[nH]c3n(C3CNC3)c2cc1-c1cccc(S(=O)(=O)F)c1. The smallest absolute Gasteiger partial charge is 0.332 e.